The number of rotatable bonds is 6. The van der Waals surface area contributed by atoms with Gasteiger partial charge in [0.25, 0.3) is 0 Å². The Labute approximate surface area is 104 Å². The predicted octanol–water partition coefficient (Wildman–Crippen LogP) is 2.59. The van der Waals surface area contributed by atoms with Crippen molar-refractivity contribution in [3.8, 4) is 0 Å². The van der Waals surface area contributed by atoms with Crippen LogP contribution in [0.15, 0.2) is 18.5 Å². The van der Waals surface area contributed by atoms with Gasteiger partial charge in [-0.1, -0.05) is 19.6 Å². The quantitative estimate of drug-likeness (QED) is 0.445. The summed E-state index contributed by atoms with van der Waals surface area (Å²) in [5, 5.41) is 0. The van der Waals surface area contributed by atoms with E-state index < -0.39 is 8.07 Å². The van der Waals surface area contributed by atoms with Crippen LogP contribution in [0, 0.1) is 0 Å². The van der Waals surface area contributed by atoms with Gasteiger partial charge in [0.05, 0.1) is 12.7 Å². The van der Waals surface area contributed by atoms with Crippen molar-refractivity contribution in [3.05, 3.63) is 24.0 Å². The number of hydrogen-bond donors (Lipinski definition) is 0. The fraction of sp³-hybridized carbons (Fsp3) is 0.583. The van der Waals surface area contributed by atoms with Gasteiger partial charge in [-0.3, -0.25) is 0 Å². The SMILES string of the molecule is COC(=O)c1ccn(COCC[Si](C)(C)C)c1. The van der Waals surface area contributed by atoms with Gasteiger partial charge >= 0.3 is 5.97 Å². The van der Waals surface area contributed by atoms with Gasteiger partial charge in [0, 0.05) is 27.1 Å². The molecule has 0 saturated carbocycles. The maximum absolute atomic E-state index is 11.2. The second-order valence-corrected chi connectivity index (χ2v) is 10.9. The number of carbonyl (C=O) groups excluding carboxylic acids is 1. The zero-order chi connectivity index (χ0) is 12.9. The summed E-state index contributed by atoms with van der Waals surface area (Å²) in [7, 11) is 0.357. The molecular weight excluding hydrogens is 234 g/mol. The number of aromatic nitrogens is 1. The zero-order valence-electron chi connectivity index (χ0n) is 11.0. The van der Waals surface area contributed by atoms with E-state index in [1.54, 1.807) is 12.3 Å². The largest absolute Gasteiger partial charge is 0.465 e. The van der Waals surface area contributed by atoms with Gasteiger partial charge < -0.3 is 14.0 Å². The van der Waals surface area contributed by atoms with Crippen LogP contribution in [0.4, 0.5) is 0 Å². The van der Waals surface area contributed by atoms with E-state index in [-0.39, 0.29) is 5.97 Å². The van der Waals surface area contributed by atoms with Crippen LogP contribution in [0.3, 0.4) is 0 Å². The van der Waals surface area contributed by atoms with E-state index in [2.05, 4.69) is 24.4 Å². The first-order valence-corrected chi connectivity index (χ1v) is 9.45. The predicted molar refractivity (Wildman–Crippen MR) is 69.9 cm³/mol. The lowest BCUT2D eigenvalue weighted by atomic mass is 10.3. The van der Waals surface area contributed by atoms with E-state index in [0.717, 1.165) is 12.7 Å². The van der Waals surface area contributed by atoms with Gasteiger partial charge in [-0.05, 0) is 12.1 Å². The molecule has 0 radical (unpaired) electrons. The van der Waals surface area contributed by atoms with Crippen molar-refractivity contribution in [2.24, 2.45) is 0 Å². The van der Waals surface area contributed by atoms with Crippen molar-refractivity contribution < 1.29 is 14.3 Å². The molecule has 0 amide bonds. The van der Waals surface area contributed by atoms with Crippen LogP contribution in [-0.4, -0.2) is 32.3 Å². The Hall–Kier alpha value is -1.07. The third-order valence-corrected chi connectivity index (χ3v) is 4.11. The van der Waals surface area contributed by atoms with Gasteiger partial charge in [-0.2, -0.15) is 0 Å². The Morgan fingerprint density at radius 1 is 1.41 bits per heavy atom. The second kappa shape index (κ2) is 6.02. The Morgan fingerprint density at radius 2 is 2.12 bits per heavy atom. The molecule has 17 heavy (non-hydrogen) atoms. The van der Waals surface area contributed by atoms with Crippen LogP contribution in [0.25, 0.3) is 0 Å². The van der Waals surface area contributed by atoms with Crippen molar-refractivity contribution in [2.45, 2.75) is 32.4 Å². The van der Waals surface area contributed by atoms with E-state index in [1.165, 1.54) is 7.11 Å². The Morgan fingerprint density at radius 3 is 2.71 bits per heavy atom. The second-order valence-electron chi connectivity index (χ2n) is 5.25. The monoisotopic (exact) mass is 255 g/mol. The molecule has 0 aliphatic heterocycles. The molecule has 0 atom stereocenters. The van der Waals surface area contributed by atoms with Crippen LogP contribution in [-0.2, 0) is 16.2 Å². The highest BCUT2D eigenvalue weighted by Crippen LogP contribution is 2.08. The third-order valence-electron chi connectivity index (χ3n) is 2.41. The Balaban J connectivity index is 2.33. The smallest absolute Gasteiger partial charge is 0.339 e. The lowest BCUT2D eigenvalue weighted by Crippen LogP contribution is -2.21. The van der Waals surface area contributed by atoms with Gasteiger partial charge in [-0.15, -0.1) is 0 Å². The zero-order valence-corrected chi connectivity index (χ0v) is 12.0. The minimum Gasteiger partial charge on any atom is -0.465 e. The van der Waals surface area contributed by atoms with Crippen molar-refractivity contribution in [2.75, 3.05) is 13.7 Å². The number of carbonyl (C=O) groups is 1. The molecule has 1 aromatic rings. The molecule has 1 aromatic heterocycles. The molecule has 0 spiro atoms. The number of hydrogen-bond acceptors (Lipinski definition) is 3. The summed E-state index contributed by atoms with van der Waals surface area (Å²) in [6.07, 6.45) is 3.56. The molecule has 0 N–H and O–H groups in total. The number of nitrogens with zero attached hydrogens (tertiary/aromatic N) is 1. The first kappa shape index (κ1) is 14.0. The minimum atomic E-state index is -1.02. The summed E-state index contributed by atoms with van der Waals surface area (Å²) in [4.78, 5) is 11.2. The van der Waals surface area contributed by atoms with Crippen molar-refractivity contribution >= 4 is 14.0 Å². The molecule has 5 heteroatoms. The highest BCUT2D eigenvalue weighted by Gasteiger charge is 2.12. The summed E-state index contributed by atoms with van der Waals surface area (Å²) < 4.78 is 12.0. The standard InChI is InChI=1S/C12H21NO3Si/c1-15-12(14)11-5-6-13(9-11)10-16-7-8-17(2,3)4/h5-6,9H,7-8,10H2,1-4H3. The van der Waals surface area contributed by atoms with Crippen molar-refractivity contribution in [1.82, 2.24) is 4.57 Å². The highest BCUT2D eigenvalue weighted by atomic mass is 28.3. The summed E-state index contributed by atoms with van der Waals surface area (Å²) in [5.41, 5.74) is 0.557. The van der Waals surface area contributed by atoms with Crippen LogP contribution < -0.4 is 0 Å². The first-order chi connectivity index (χ1) is 7.92. The molecule has 1 rings (SSSR count). The Kier molecular flexibility index (Phi) is 4.96. The van der Waals surface area contributed by atoms with Crippen LogP contribution in [0.1, 0.15) is 10.4 Å². The van der Waals surface area contributed by atoms with Gasteiger partial charge in [0.15, 0.2) is 0 Å². The van der Waals surface area contributed by atoms with Crippen molar-refractivity contribution in [1.29, 1.82) is 0 Å². The molecule has 0 saturated heterocycles. The summed E-state index contributed by atoms with van der Waals surface area (Å²) in [5.74, 6) is -0.314. The molecule has 0 aromatic carbocycles. The fourth-order valence-electron chi connectivity index (χ4n) is 1.31. The van der Waals surface area contributed by atoms with Crippen molar-refractivity contribution in [3.63, 3.8) is 0 Å². The number of esters is 1. The van der Waals surface area contributed by atoms with Gasteiger partial charge in [0.1, 0.15) is 6.73 Å². The number of ether oxygens (including phenoxy) is 2. The van der Waals surface area contributed by atoms with E-state index in [0.29, 0.717) is 12.3 Å². The fourth-order valence-corrected chi connectivity index (χ4v) is 2.06. The summed E-state index contributed by atoms with van der Waals surface area (Å²) in [6, 6.07) is 2.88. The lowest BCUT2D eigenvalue weighted by Gasteiger charge is -2.15. The molecule has 0 aliphatic carbocycles. The molecular formula is C12H21NO3Si. The van der Waals surface area contributed by atoms with E-state index in [9.17, 15) is 4.79 Å². The Bertz CT molecular complexity index is 368. The van der Waals surface area contributed by atoms with Crippen LogP contribution in [0.5, 0.6) is 0 Å². The van der Waals surface area contributed by atoms with Crippen LogP contribution in [0.2, 0.25) is 25.7 Å². The number of methoxy groups -OCH3 is 1. The maximum atomic E-state index is 11.2. The molecule has 1 heterocycles. The first-order valence-electron chi connectivity index (χ1n) is 5.74. The van der Waals surface area contributed by atoms with E-state index in [4.69, 9.17) is 4.74 Å². The minimum absolute atomic E-state index is 0.314. The van der Waals surface area contributed by atoms with Gasteiger partial charge in [0.2, 0.25) is 0 Å². The molecule has 0 unspecified atom stereocenters. The third kappa shape index (κ3) is 5.19. The van der Waals surface area contributed by atoms with Gasteiger partial charge in [-0.25, -0.2) is 4.79 Å². The van der Waals surface area contributed by atoms with Crippen LogP contribution >= 0.6 is 0 Å². The highest BCUT2D eigenvalue weighted by molar-refractivity contribution is 6.76. The molecule has 96 valence electrons. The normalized spacial score (nSPS) is 11.5. The molecule has 0 aliphatic rings. The topological polar surface area (TPSA) is 40.5 Å². The average molecular weight is 255 g/mol. The van der Waals surface area contributed by atoms with E-state index >= 15 is 0 Å². The summed E-state index contributed by atoms with van der Waals surface area (Å²) >= 11 is 0. The molecule has 4 nitrogen and oxygen atoms in total. The summed E-state index contributed by atoms with van der Waals surface area (Å²) in [6.45, 7) is 8.23. The molecule has 0 fully saturated rings. The van der Waals surface area contributed by atoms with E-state index in [1.807, 2.05) is 10.8 Å². The maximum Gasteiger partial charge on any atom is 0.339 e. The molecule has 0 bridgehead atoms. The lowest BCUT2D eigenvalue weighted by molar-refractivity contribution is 0.0599. The average Bonchev–Trinajstić information content (AvgIpc) is 2.70.